The van der Waals surface area contributed by atoms with Gasteiger partial charge in [-0.1, -0.05) is 6.07 Å². The van der Waals surface area contributed by atoms with E-state index in [0.717, 1.165) is 47.9 Å². The molecular weight excluding hydrogens is 308 g/mol. The molecule has 0 bridgehead atoms. The number of hydrogen-bond donors (Lipinski definition) is 1. The summed E-state index contributed by atoms with van der Waals surface area (Å²) in [5, 5.41) is 2.88. The molecule has 0 aromatic carbocycles. The molecule has 5 nitrogen and oxygen atoms in total. The third-order valence-corrected chi connectivity index (χ3v) is 4.86. The molecule has 1 amide bonds. The number of nitrogens with one attached hydrogen (secondary N) is 1. The van der Waals surface area contributed by atoms with E-state index in [1.54, 1.807) is 17.5 Å². The Hall–Kier alpha value is -2.47. The van der Waals surface area contributed by atoms with Gasteiger partial charge in [-0.15, -0.1) is 11.3 Å². The highest BCUT2D eigenvalue weighted by Crippen LogP contribution is 2.28. The Morgan fingerprint density at radius 2 is 2.09 bits per heavy atom. The zero-order valence-electron chi connectivity index (χ0n) is 12.5. The molecule has 4 rings (SSSR count). The number of aromatic nitrogens is 3. The minimum Gasteiger partial charge on any atom is -0.357 e. The minimum absolute atomic E-state index is 0.0777. The van der Waals surface area contributed by atoms with E-state index >= 15 is 0 Å². The summed E-state index contributed by atoms with van der Waals surface area (Å²) in [7, 11) is 0. The number of rotatable bonds is 3. The molecule has 1 saturated heterocycles. The van der Waals surface area contributed by atoms with E-state index in [0.29, 0.717) is 5.69 Å². The third-order valence-electron chi connectivity index (χ3n) is 3.99. The first-order valence-corrected chi connectivity index (χ1v) is 8.54. The summed E-state index contributed by atoms with van der Waals surface area (Å²) in [5.74, 6) is 0.0777. The van der Waals surface area contributed by atoms with Gasteiger partial charge in [-0.2, -0.15) is 0 Å². The van der Waals surface area contributed by atoms with E-state index in [-0.39, 0.29) is 5.91 Å². The molecule has 0 spiro atoms. The first kappa shape index (κ1) is 14.1. The summed E-state index contributed by atoms with van der Waals surface area (Å²) in [6.07, 6.45) is 5.80. The monoisotopic (exact) mass is 324 g/mol. The predicted molar refractivity (Wildman–Crippen MR) is 90.3 cm³/mol. The Morgan fingerprint density at radius 3 is 2.87 bits per heavy atom. The van der Waals surface area contributed by atoms with Crippen LogP contribution < -0.4 is 0 Å². The van der Waals surface area contributed by atoms with Gasteiger partial charge in [-0.25, -0.2) is 4.98 Å². The number of pyridine rings is 1. The summed E-state index contributed by atoms with van der Waals surface area (Å²) in [6, 6.07) is 7.67. The minimum atomic E-state index is 0.0777. The summed E-state index contributed by atoms with van der Waals surface area (Å²) in [5.41, 5.74) is 3.31. The van der Waals surface area contributed by atoms with Crippen LogP contribution >= 0.6 is 11.3 Å². The zero-order chi connectivity index (χ0) is 15.6. The molecule has 1 fully saturated rings. The van der Waals surface area contributed by atoms with Gasteiger partial charge in [0.1, 0.15) is 10.7 Å². The summed E-state index contributed by atoms with van der Waals surface area (Å²) < 4.78 is 0. The molecule has 3 aromatic heterocycles. The fourth-order valence-corrected chi connectivity index (χ4v) is 3.57. The van der Waals surface area contributed by atoms with Crippen molar-refractivity contribution in [3.05, 3.63) is 47.7 Å². The van der Waals surface area contributed by atoms with E-state index in [9.17, 15) is 4.79 Å². The van der Waals surface area contributed by atoms with E-state index in [2.05, 4.69) is 15.0 Å². The van der Waals surface area contributed by atoms with E-state index < -0.39 is 0 Å². The SMILES string of the molecule is O=C(c1cc(-c2csc(-c3ccccn3)n2)c[nH]1)N1CCCC1. The lowest BCUT2D eigenvalue weighted by molar-refractivity contribution is 0.0788. The fourth-order valence-electron chi connectivity index (χ4n) is 2.77. The zero-order valence-corrected chi connectivity index (χ0v) is 13.3. The topological polar surface area (TPSA) is 61.9 Å². The lowest BCUT2D eigenvalue weighted by Gasteiger charge is -2.13. The Labute approximate surface area is 138 Å². The van der Waals surface area contributed by atoms with Crippen LogP contribution in [0.25, 0.3) is 22.0 Å². The number of carbonyl (C=O) groups is 1. The normalized spacial score (nSPS) is 14.3. The number of H-pyrrole nitrogens is 1. The molecule has 23 heavy (non-hydrogen) atoms. The van der Waals surface area contributed by atoms with Crippen molar-refractivity contribution in [2.45, 2.75) is 12.8 Å². The van der Waals surface area contributed by atoms with Crippen molar-refractivity contribution in [2.75, 3.05) is 13.1 Å². The van der Waals surface area contributed by atoms with Gasteiger partial charge in [-0.05, 0) is 31.0 Å². The molecule has 0 saturated carbocycles. The van der Waals surface area contributed by atoms with Gasteiger partial charge in [-0.3, -0.25) is 9.78 Å². The number of amides is 1. The molecule has 3 aromatic rings. The highest BCUT2D eigenvalue weighted by Gasteiger charge is 2.21. The Bertz CT molecular complexity index is 818. The van der Waals surface area contributed by atoms with Crippen molar-refractivity contribution < 1.29 is 4.79 Å². The third kappa shape index (κ3) is 2.77. The maximum absolute atomic E-state index is 12.4. The first-order chi connectivity index (χ1) is 11.3. The van der Waals surface area contributed by atoms with Gasteiger partial charge >= 0.3 is 0 Å². The van der Waals surface area contributed by atoms with Crippen molar-refractivity contribution >= 4 is 17.2 Å². The standard InChI is InChI=1S/C17H16N4OS/c22-17(21-7-3-4-8-21)14-9-12(10-19-14)15-11-23-16(20-15)13-5-1-2-6-18-13/h1-2,5-6,9-11,19H,3-4,7-8H2. The van der Waals surface area contributed by atoms with Crippen molar-refractivity contribution in [3.8, 4) is 22.0 Å². The van der Waals surface area contributed by atoms with Crippen molar-refractivity contribution in [1.82, 2.24) is 19.9 Å². The van der Waals surface area contributed by atoms with Gasteiger partial charge in [0.05, 0.1) is 11.4 Å². The number of nitrogens with zero attached hydrogens (tertiary/aromatic N) is 3. The van der Waals surface area contributed by atoms with Crippen LogP contribution in [0.5, 0.6) is 0 Å². The highest BCUT2D eigenvalue weighted by molar-refractivity contribution is 7.13. The smallest absolute Gasteiger partial charge is 0.270 e. The lowest BCUT2D eigenvalue weighted by Crippen LogP contribution is -2.27. The molecule has 0 unspecified atom stereocenters. The largest absolute Gasteiger partial charge is 0.357 e. The Kier molecular flexibility index (Phi) is 3.67. The molecule has 0 radical (unpaired) electrons. The summed E-state index contributed by atoms with van der Waals surface area (Å²) >= 11 is 1.56. The number of hydrogen-bond acceptors (Lipinski definition) is 4. The Balaban J connectivity index is 1.57. The van der Waals surface area contributed by atoms with Crippen molar-refractivity contribution in [2.24, 2.45) is 0 Å². The molecule has 1 aliphatic heterocycles. The van der Waals surface area contributed by atoms with Gasteiger partial charge in [0.15, 0.2) is 0 Å². The van der Waals surface area contributed by atoms with Crippen molar-refractivity contribution in [3.63, 3.8) is 0 Å². The van der Waals surface area contributed by atoms with Crippen LogP contribution in [0.3, 0.4) is 0 Å². The van der Waals surface area contributed by atoms with Crippen LogP contribution in [0.1, 0.15) is 23.3 Å². The molecular formula is C17H16N4OS. The predicted octanol–water partition coefficient (Wildman–Crippen LogP) is 3.44. The van der Waals surface area contributed by atoms with E-state index in [1.165, 1.54) is 0 Å². The molecule has 116 valence electrons. The van der Waals surface area contributed by atoms with Crippen LogP contribution in [0.4, 0.5) is 0 Å². The average molecular weight is 324 g/mol. The summed E-state index contributed by atoms with van der Waals surface area (Å²) in [6.45, 7) is 1.71. The first-order valence-electron chi connectivity index (χ1n) is 7.66. The molecule has 4 heterocycles. The maximum atomic E-state index is 12.4. The van der Waals surface area contributed by atoms with Crippen LogP contribution in [0.15, 0.2) is 42.0 Å². The lowest BCUT2D eigenvalue weighted by atomic mass is 10.2. The number of thiazole rings is 1. The highest BCUT2D eigenvalue weighted by atomic mass is 32.1. The van der Waals surface area contributed by atoms with Crippen LogP contribution in [0, 0.1) is 0 Å². The van der Waals surface area contributed by atoms with Crippen LogP contribution in [0.2, 0.25) is 0 Å². The second-order valence-electron chi connectivity index (χ2n) is 5.55. The number of carbonyl (C=O) groups excluding carboxylic acids is 1. The van der Waals surface area contributed by atoms with E-state index in [4.69, 9.17) is 0 Å². The quantitative estimate of drug-likeness (QED) is 0.803. The molecule has 0 aliphatic carbocycles. The van der Waals surface area contributed by atoms with Gasteiger partial charge in [0.25, 0.3) is 5.91 Å². The van der Waals surface area contributed by atoms with Crippen molar-refractivity contribution in [1.29, 1.82) is 0 Å². The second kappa shape index (κ2) is 5.96. The maximum Gasteiger partial charge on any atom is 0.270 e. The number of aromatic amines is 1. The second-order valence-corrected chi connectivity index (χ2v) is 6.41. The van der Waals surface area contributed by atoms with Gasteiger partial charge in [0, 0.05) is 36.4 Å². The van der Waals surface area contributed by atoms with Gasteiger partial charge < -0.3 is 9.88 Å². The molecule has 6 heteroatoms. The molecule has 0 atom stereocenters. The Morgan fingerprint density at radius 1 is 1.22 bits per heavy atom. The van der Waals surface area contributed by atoms with Crippen LogP contribution in [-0.2, 0) is 0 Å². The molecule has 1 N–H and O–H groups in total. The molecule has 1 aliphatic rings. The van der Waals surface area contributed by atoms with E-state index in [1.807, 2.05) is 40.7 Å². The van der Waals surface area contributed by atoms with Crippen LogP contribution in [-0.4, -0.2) is 38.8 Å². The fraction of sp³-hybridized carbons (Fsp3) is 0.235. The summed E-state index contributed by atoms with van der Waals surface area (Å²) in [4.78, 5) is 26.3. The average Bonchev–Trinajstić information content (AvgIpc) is 3.35. The number of likely N-dealkylation sites (tertiary alicyclic amines) is 1. The van der Waals surface area contributed by atoms with Gasteiger partial charge in [0.2, 0.25) is 0 Å².